The fourth-order valence-electron chi connectivity index (χ4n) is 3.81. The molecule has 0 amide bonds. The topological polar surface area (TPSA) is 134 Å². The van der Waals surface area contributed by atoms with E-state index in [1.165, 1.54) is 22.1 Å². The monoisotopic (exact) mass is 468 g/mol. The van der Waals surface area contributed by atoms with E-state index < -0.39 is 22.8 Å². The Labute approximate surface area is 189 Å². The number of carboxylic acid groups (broad SMARTS) is 1. The third kappa shape index (κ3) is 3.67. The van der Waals surface area contributed by atoms with Crippen LogP contribution in [-0.4, -0.2) is 54.7 Å². The first-order valence-electron chi connectivity index (χ1n) is 9.99. The number of aromatic nitrogens is 5. The van der Waals surface area contributed by atoms with Crippen LogP contribution in [0.5, 0.6) is 0 Å². The van der Waals surface area contributed by atoms with Crippen molar-refractivity contribution in [3.8, 4) is 5.13 Å². The van der Waals surface area contributed by atoms with E-state index >= 15 is 0 Å². The van der Waals surface area contributed by atoms with Gasteiger partial charge >= 0.3 is 5.97 Å². The smallest absolute Gasteiger partial charge is 0.341 e. The average molecular weight is 468 g/mol. The molecule has 33 heavy (non-hydrogen) atoms. The highest BCUT2D eigenvalue weighted by molar-refractivity contribution is 7.12. The Bertz CT molecular complexity index is 1460. The quantitative estimate of drug-likeness (QED) is 0.439. The highest BCUT2D eigenvalue weighted by Gasteiger charge is 2.35. The molecule has 0 saturated carbocycles. The second-order valence-corrected chi connectivity index (χ2v) is 8.69. The molecule has 1 saturated heterocycles. The van der Waals surface area contributed by atoms with Crippen LogP contribution in [0, 0.1) is 18.7 Å². The van der Waals surface area contributed by atoms with E-state index in [0.717, 1.165) is 18.0 Å². The number of pyridine rings is 2. The number of nitrogens with one attached hydrogen (secondary N) is 1. The Kier molecular flexibility index (Phi) is 5.01. The van der Waals surface area contributed by atoms with Gasteiger partial charge in [0.15, 0.2) is 22.4 Å². The number of hydrogen-bond acceptors (Lipinski definition) is 8. The van der Waals surface area contributed by atoms with Crippen molar-refractivity contribution in [3.05, 3.63) is 62.9 Å². The second kappa shape index (κ2) is 7.89. The van der Waals surface area contributed by atoms with Gasteiger partial charge in [-0.3, -0.25) is 19.3 Å². The predicted octanol–water partition coefficient (Wildman–Crippen LogP) is 1.96. The summed E-state index contributed by atoms with van der Waals surface area (Å²) in [5.41, 5.74) is 0.294. The zero-order valence-electron chi connectivity index (χ0n) is 17.3. The van der Waals surface area contributed by atoms with Crippen molar-refractivity contribution in [2.24, 2.45) is 5.92 Å². The summed E-state index contributed by atoms with van der Waals surface area (Å²) in [5.74, 6) is -2.47. The number of aromatic carboxylic acids is 1. The van der Waals surface area contributed by atoms with Crippen LogP contribution in [0.1, 0.15) is 21.7 Å². The predicted molar refractivity (Wildman–Crippen MR) is 118 cm³/mol. The first kappa shape index (κ1) is 20.9. The number of H-pyrrole nitrogens is 1. The molecule has 1 aliphatic rings. The van der Waals surface area contributed by atoms with E-state index in [9.17, 15) is 23.9 Å². The van der Waals surface area contributed by atoms with Gasteiger partial charge in [-0.05, 0) is 19.1 Å². The van der Waals surface area contributed by atoms with Crippen LogP contribution in [0.25, 0.3) is 16.2 Å². The molecule has 10 nitrogen and oxygen atoms in total. The van der Waals surface area contributed by atoms with Gasteiger partial charge in [0.05, 0.1) is 23.4 Å². The third-order valence-corrected chi connectivity index (χ3v) is 6.29. The molecule has 5 heterocycles. The van der Waals surface area contributed by atoms with Crippen molar-refractivity contribution in [1.82, 2.24) is 24.7 Å². The number of hydrogen-bond donors (Lipinski definition) is 2. The van der Waals surface area contributed by atoms with Gasteiger partial charge in [0.1, 0.15) is 11.3 Å². The summed E-state index contributed by atoms with van der Waals surface area (Å²) >= 11 is 1.22. The number of Topliss-reactive ketones (excluding diaryl/α,β-unsaturated/α-hetero) is 1. The number of aryl methyl sites for hydroxylation is 1. The standard InChI is InChI=1S/C21H17FN6O4S/c1-10-4-12(26-25-10)5-16(29)11-7-27(8-11)19-15(22)6-13-17(30)14(20(31)32)9-28(18(13)24-19)21-23-2-3-33-21/h2-4,6,9,11H,5,7-8H2,1H3,(H,25,26)(H,31,32). The van der Waals surface area contributed by atoms with Crippen molar-refractivity contribution in [1.29, 1.82) is 0 Å². The minimum Gasteiger partial charge on any atom is -0.477 e. The lowest BCUT2D eigenvalue weighted by Crippen LogP contribution is -2.51. The van der Waals surface area contributed by atoms with E-state index in [0.29, 0.717) is 10.8 Å². The van der Waals surface area contributed by atoms with Crippen LogP contribution in [0.2, 0.25) is 0 Å². The first-order chi connectivity index (χ1) is 15.8. The first-order valence-corrected chi connectivity index (χ1v) is 10.9. The van der Waals surface area contributed by atoms with Crippen LogP contribution in [0.15, 0.2) is 34.7 Å². The number of carbonyl (C=O) groups is 2. The lowest BCUT2D eigenvalue weighted by atomic mass is 9.92. The van der Waals surface area contributed by atoms with Crippen molar-refractivity contribution in [2.45, 2.75) is 13.3 Å². The fraction of sp³-hybridized carbons (Fsp3) is 0.238. The van der Waals surface area contributed by atoms with Crippen molar-refractivity contribution in [3.63, 3.8) is 0 Å². The van der Waals surface area contributed by atoms with Crippen molar-refractivity contribution < 1.29 is 19.1 Å². The summed E-state index contributed by atoms with van der Waals surface area (Å²) in [6.07, 6.45) is 2.87. The summed E-state index contributed by atoms with van der Waals surface area (Å²) in [6, 6.07) is 2.81. The highest BCUT2D eigenvalue weighted by atomic mass is 32.1. The van der Waals surface area contributed by atoms with Gasteiger partial charge in [0.2, 0.25) is 5.43 Å². The summed E-state index contributed by atoms with van der Waals surface area (Å²) < 4.78 is 16.3. The minimum atomic E-state index is -1.42. The maximum absolute atomic E-state index is 14.9. The number of nitrogens with zero attached hydrogens (tertiary/aromatic N) is 5. The molecule has 1 aliphatic heterocycles. The molecular formula is C21H17FN6O4S. The number of fused-ring (bicyclic) bond motifs is 1. The summed E-state index contributed by atoms with van der Waals surface area (Å²) in [4.78, 5) is 46.9. The van der Waals surface area contributed by atoms with E-state index in [4.69, 9.17) is 0 Å². The fourth-order valence-corrected chi connectivity index (χ4v) is 4.43. The van der Waals surface area contributed by atoms with E-state index in [2.05, 4.69) is 20.2 Å². The molecular weight excluding hydrogens is 451 g/mol. The maximum atomic E-state index is 14.9. The molecule has 2 N–H and O–H groups in total. The largest absolute Gasteiger partial charge is 0.477 e. The van der Waals surface area contributed by atoms with Gasteiger partial charge in [-0.25, -0.2) is 19.2 Å². The highest BCUT2D eigenvalue weighted by Crippen LogP contribution is 2.29. The average Bonchev–Trinajstić information content (AvgIpc) is 3.40. The Balaban J connectivity index is 1.48. The molecule has 0 aromatic carbocycles. The lowest BCUT2D eigenvalue weighted by molar-refractivity contribution is -0.123. The summed E-state index contributed by atoms with van der Waals surface area (Å²) in [6.45, 7) is 2.42. The molecule has 0 radical (unpaired) electrons. The molecule has 1 fully saturated rings. The zero-order chi connectivity index (χ0) is 23.3. The molecule has 0 bridgehead atoms. The van der Waals surface area contributed by atoms with Gasteiger partial charge in [0, 0.05) is 36.6 Å². The van der Waals surface area contributed by atoms with Gasteiger partial charge < -0.3 is 10.0 Å². The number of carboxylic acids is 1. The van der Waals surface area contributed by atoms with Crippen molar-refractivity contribution in [2.75, 3.05) is 18.0 Å². The Morgan fingerprint density at radius 1 is 1.33 bits per heavy atom. The van der Waals surface area contributed by atoms with Gasteiger partial charge in [-0.15, -0.1) is 11.3 Å². The number of anilines is 1. The molecule has 0 unspecified atom stereocenters. The molecule has 0 aliphatic carbocycles. The molecule has 168 valence electrons. The molecule has 4 aromatic rings. The summed E-state index contributed by atoms with van der Waals surface area (Å²) in [7, 11) is 0. The molecule has 12 heteroatoms. The van der Waals surface area contributed by atoms with E-state index in [1.54, 1.807) is 10.3 Å². The molecule has 5 rings (SSSR count). The molecule has 0 atom stereocenters. The van der Waals surface area contributed by atoms with Crippen LogP contribution in [-0.2, 0) is 11.2 Å². The number of thiazole rings is 1. The number of carbonyl (C=O) groups excluding carboxylic acids is 1. The number of halogens is 1. The van der Waals surface area contributed by atoms with Crippen molar-refractivity contribution >= 4 is 39.9 Å². The van der Waals surface area contributed by atoms with Crippen LogP contribution in [0.3, 0.4) is 0 Å². The Hall–Kier alpha value is -3.93. The van der Waals surface area contributed by atoms with Gasteiger partial charge in [-0.1, -0.05) is 0 Å². The van der Waals surface area contributed by atoms with E-state index in [1.807, 2.05) is 13.0 Å². The van der Waals surface area contributed by atoms with Crippen LogP contribution in [0.4, 0.5) is 10.2 Å². The minimum absolute atomic E-state index is 0.00439. The number of rotatable bonds is 6. The second-order valence-electron chi connectivity index (χ2n) is 7.81. The zero-order valence-corrected chi connectivity index (χ0v) is 18.1. The normalized spacial score (nSPS) is 13.9. The van der Waals surface area contributed by atoms with Gasteiger partial charge in [-0.2, -0.15) is 5.10 Å². The Morgan fingerprint density at radius 3 is 2.76 bits per heavy atom. The summed E-state index contributed by atoms with van der Waals surface area (Å²) in [5, 5.41) is 18.2. The van der Waals surface area contributed by atoms with E-state index in [-0.39, 0.29) is 48.1 Å². The number of ketones is 1. The molecule has 4 aromatic heterocycles. The third-order valence-electron chi connectivity index (χ3n) is 5.52. The Morgan fingerprint density at radius 2 is 2.12 bits per heavy atom. The SMILES string of the molecule is Cc1cc(CC(=O)C2CN(c3nc4c(cc3F)c(=O)c(C(=O)O)cn4-c3nccs3)C2)n[nH]1. The van der Waals surface area contributed by atoms with Crippen LogP contribution < -0.4 is 10.3 Å². The maximum Gasteiger partial charge on any atom is 0.341 e. The van der Waals surface area contributed by atoms with Gasteiger partial charge in [0.25, 0.3) is 0 Å². The lowest BCUT2D eigenvalue weighted by Gasteiger charge is -2.39. The van der Waals surface area contributed by atoms with Crippen LogP contribution >= 0.6 is 11.3 Å². The molecule has 0 spiro atoms. The number of aromatic amines is 1.